The van der Waals surface area contributed by atoms with Crippen molar-refractivity contribution in [1.82, 2.24) is 4.98 Å². The van der Waals surface area contributed by atoms with E-state index in [-0.39, 0.29) is 5.97 Å². The highest BCUT2D eigenvalue weighted by atomic mass is 16.6. The lowest BCUT2D eigenvalue weighted by Crippen LogP contribution is -2.04. The maximum Gasteiger partial charge on any atom is 0.308 e. The highest BCUT2D eigenvalue weighted by molar-refractivity contribution is 5.99. The average Bonchev–Trinajstić information content (AvgIpc) is 2.48. The molecular formula is C16H16N2O3. The van der Waals surface area contributed by atoms with Crippen molar-refractivity contribution in [3.05, 3.63) is 48.2 Å². The zero-order valence-corrected chi connectivity index (χ0v) is 12.2. The number of nitrogens with zero attached hydrogens (tertiary/aromatic N) is 2. The van der Waals surface area contributed by atoms with Crippen molar-refractivity contribution < 1.29 is 14.4 Å². The Bertz CT molecular complexity index is 666. The molecule has 0 bridgehead atoms. The van der Waals surface area contributed by atoms with Crippen LogP contribution >= 0.6 is 0 Å². The van der Waals surface area contributed by atoms with E-state index in [1.807, 2.05) is 37.3 Å². The Balaban J connectivity index is 2.54. The van der Waals surface area contributed by atoms with Gasteiger partial charge in [-0.05, 0) is 42.8 Å². The topological polar surface area (TPSA) is 60.8 Å². The van der Waals surface area contributed by atoms with E-state index < -0.39 is 0 Å². The number of oxime groups is 1. The van der Waals surface area contributed by atoms with Crippen LogP contribution in [0.4, 0.5) is 0 Å². The molecule has 0 radical (unpaired) electrons. The molecule has 2 aromatic rings. The zero-order valence-electron chi connectivity index (χ0n) is 12.2. The molecule has 2 rings (SSSR count). The third kappa shape index (κ3) is 3.66. The fourth-order valence-corrected chi connectivity index (χ4v) is 1.91. The maximum atomic E-state index is 11.2. The first-order chi connectivity index (χ1) is 10.1. The second-order valence-corrected chi connectivity index (χ2v) is 4.38. The second kappa shape index (κ2) is 6.65. The van der Waals surface area contributed by atoms with Gasteiger partial charge in [0.25, 0.3) is 0 Å². The zero-order chi connectivity index (χ0) is 15.2. The minimum Gasteiger partial charge on any atom is -0.426 e. The number of benzene rings is 1. The summed E-state index contributed by atoms with van der Waals surface area (Å²) in [6, 6.07) is 11.0. The number of ether oxygens (including phenoxy) is 1. The molecule has 0 unspecified atom stereocenters. The molecule has 0 saturated carbocycles. The van der Waals surface area contributed by atoms with Gasteiger partial charge in [0.1, 0.15) is 12.9 Å². The first-order valence-corrected chi connectivity index (χ1v) is 6.44. The van der Waals surface area contributed by atoms with Crippen LogP contribution in [0.25, 0.3) is 11.3 Å². The van der Waals surface area contributed by atoms with E-state index >= 15 is 0 Å². The van der Waals surface area contributed by atoms with E-state index in [1.54, 1.807) is 12.3 Å². The molecule has 0 spiro atoms. The van der Waals surface area contributed by atoms with Crippen molar-refractivity contribution in [2.75, 3.05) is 7.11 Å². The summed E-state index contributed by atoms with van der Waals surface area (Å²) < 4.78 is 5.24. The van der Waals surface area contributed by atoms with Crippen molar-refractivity contribution >= 4 is 11.7 Å². The van der Waals surface area contributed by atoms with Crippen molar-refractivity contribution in [3.8, 4) is 17.0 Å². The van der Waals surface area contributed by atoms with E-state index in [9.17, 15) is 4.79 Å². The molecule has 0 aliphatic rings. The second-order valence-electron chi connectivity index (χ2n) is 4.38. The van der Waals surface area contributed by atoms with E-state index in [4.69, 9.17) is 9.57 Å². The minimum atomic E-state index is -0.373. The quantitative estimate of drug-likeness (QED) is 0.375. The molecule has 1 heterocycles. The van der Waals surface area contributed by atoms with Crippen LogP contribution in [0, 0.1) is 0 Å². The molecule has 1 aromatic carbocycles. The molecule has 0 amide bonds. The standard InChI is InChI=1S/C16H16N2O3/c1-11(18-20-3)13-7-8-16(21-12(2)19)14(10-13)15-6-4-5-9-17-15/h4-10H,1-3H3/b18-11+. The molecule has 0 aliphatic heterocycles. The fourth-order valence-electron chi connectivity index (χ4n) is 1.91. The lowest BCUT2D eigenvalue weighted by Gasteiger charge is -2.10. The van der Waals surface area contributed by atoms with Gasteiger partial charge in [0.2, 0.25) is 0 Å². The van der Waals surface area contributed by atoms with Crippen LogP contribution in [-0.2, 0) is 9.63 Å². The van der Waals surface area contributed by atoms with Crippen LogP contribution in [0.2, 0.25) is 0 Å². The molecule has 0 atom stereocenters. The SMILES string of the molecule is CO/N=C(\C)c1ccc(OC(C)=O)c(-c2ccccn2)c1. The van der Waals surface area contributed by atoms with Crippen LogP contribution < -0.4 is 4.74 Å². The third-order valence-corrected chi connectivity index (χ3v) is 2.82. The Morgan fingerprint density at radius 3 is 2.62 bits per heavy atom. The number of hydrogen-bond donors (Lipinski definition) is 0. The van der Waals surface area contributed by atoms with Crippen LogP contribution in [0.5, 0.6) is 5.75 Å². The van der Waals surface area contributed by atoms with Gasteiger partial charge in [-0.3, -0.25) is 9.78 Å². The Morgan fingerprint density at radius 1 is 1.19 bits per heavy atom. The summed E-state index contributed by atoms with van der Waals surface area (Å²) in [5, 5.41) is 3.91. The summed E-state index contributed by atoms with van der Waals surface area (Å²) in [4.78, 5) is 20.3. The Morgan fingerprint density at radius 2 is 2.00 bits per heavy atom. The monoisotopic (exact) mass is 284 g/mol. The summed E-state index contributed by atoms with van der Waals surface area (Å²) in [5.41, 5.74) is 3.05. The summed E-state index contributed by atoms with van der Waals surface area (Å²) >= 11 is 0. The van der Waals surface area contributed by atoms with Gasteiger partial charge < -0.3 is 9.57 Å². The lowest BCUT2D eigenvalue weighted by atomic mass is 10.0. The summed E-state index contributed by atoms with van der Waals surface area (Å²) in [5.74, 6) is 0.0948. The van der Waals surface area contributed by atoms with Gasteiger partial charge in [0, 0.05) is 18.7 Å². The Labute approximate surface area is 123 Å². The third-order valence-electron chi connectivity index (χ3n) is 2.82. The smallest absolute Gasteiger partial charge is 0.308 e. The van der Waals surface area contributed by atoms with Gasteiger partial charge in [-0.15, -0.1) is 0 Å². The van der Waals surface area contributed by atoms with Crippen LogP contribution in [0.3, 0.4) is 0 Å². The van der Waals surface area contributed by atoms with E-state index in [0.717, 1.165) is 22.5 Å². The van der Waals surface area contributed by atoms with Gasteiger partial charge >= 0.3 is 5.97 Å². The number of pyridine rings is 1. The first kappa shape index (κ1) is 14.7. The molecule has 1 aromatic heterocycles. The molecule has 5 heteroatoms. The van der Waals surface area contributed by atoms with Crippen LogP contribution in [-0.4, -0.2) is 23.8 Å². The van der Waals surface area contributed by atoms with Gasteiger partial charge in [0.05, 0.1) is 11.4 Å². The molecule has 0 N–H and O–H groups in total. The van der Waals surface area contributed by atoms with E-state index in [0.29, 0.717) is 5.75 Å². The van der Waals surface area contributed by atoms with Gasteiger partial charge in [-0.2, -0.15) is 0 Å². The summed E-state index contributed by atoms with van der Waals surface area (Å²) in [6.07, 6.45) is 1.69. The number of hydrogen-bond acceptors (Lipinski definition) is 5. The number of carbonyl (C=O) groups is 1. The molecule has 0 aliphatic carbocycles. The number of rotatable bonds is 4. The van der Waals surface area contributed by atoms with Crippen molar-refractivity contribution in [3.63, 3.8) is 0 Å². The molecule has 0 fully saturated rings. The first-order valence-electron chi connectivity index (χ1n) is 6.44. The predicted octanol–water partition coefficient (Wildman–Crippen LogP) is 3.04. The average molecular weight is 284 g/mol. The summed E-state index contributed by atoms with van der Waals surface area (Å²) in [7, 11) is 1.50. The number of carbonyl (C=O) groups excluding carboxylic acids is 1. The highest BCUT2D eigenvalue weighted by Gasteiger charge is 2.12. The number of aromatic nitrogens is 1. The van der Waals surface area contributed by atoms with Gasteiger partial charge in [0.15, 0.2) is 0 Å². The Kier molecular flexibility index (Phi) is 4.66. The van der Waals surface area contributed by atoms with Crippen LogP contribution in [0.1, 0.15) is 19.4 Å². The molecule has 108 valence electrons. The molecule has 21 heavy (non-hydrogen) atoms. The van der Waals surface area contributed by atoms with Gasteiger partial charge in [-0.25, -0.2) is 0 Å². The largest absolute Gasteiger partial charge is 0.426 e. The molecular weight excluding hydrogens is 268 g/mol. The van der Waals surface area contributed by atoms with E-state index in [2.05, 4.69) is 10.1 Å². The van der Waals surface area contributed by atoms with E-state index in [1.165, 1.54) is 14.0 Å². The van der Waals surface area contributed by atoms with Crippen molar-refractivity contribution in [2.24, 2.45) is 5.16 Å². The predicted molar refractivity (Wildman–Crippen MR) is 80.2 cm³/mol. The Hall–Kier alpha value is -2.69. The summed E-state index contributed by atoms with van der Waals surface area (Å²) in [6.45, 7) is 3.21. The normalized spacial score (nSPS) is 11.1. The minimum absolute atomic E-state index is 0.373. The van der Waals surface area contributed by atoms with Crippen LogP contribution in [0.15, 0.2) is 47.8 Å². The maximum absolute atomic E-state index is 11.2. The van der Waals surface area contributed by atoms with Crippen molar-refractivity contribution in [1.29, 1.82) is 0 Å². The van der Waals surface area contributed by atoms with Gasteiger partial charge in [-0.1, -0.05) is 11.2 Å². The molecule has 5 nitrogen and oxygen atoms in total. The highest BCUT2D eigenvalue weighted by Crippen LogP contribution is 2.30. The van der Waals surface area contributed by atoms with Crippen molar-refractivity contribution in [2.45, 2.75) is 13.8 Å². The lowest BCUT2D eigenvalue weighted by molar-refractivity contribution is -0.131. The number of esters is 1. The molecule has 0 saturated heterocycles. The fraction of sp³-hybridized carbons (Fsp3) is 0.188.